The first-order valence-electron chi connectivity index (χ1n) is 5.72. The molecule has 16 heavy (non-hydrogen) atoms. The quantitative estimate of drug-likeness (QED) is 0.703. The summed E-state index contributed by atoms with van der Waals surface area (Å²) in [4.78, 5) is 0. The highest BCUT2D eigenvalue weighted by atomic mass is 19.1. The van der Waals surface area contributed by atoms with E-state index in [1.54, 1.807) is 0 Å². The number of rotatable bonds is 1. The number of aryl methyl sites for hydroxylation is 1. The van der Waals surface area contributed by atoms with Crippen LogP contribution in [0.25, 0.3) is 11.3 Å². The highest BCUT2D eigenvalue weighted by Crippen LogP contribution is 2.34. The van der Waals surface area contributed by atoms with Crippen molar-refractivity contribution in [3.8, 4) is 11.3 Å². The van der Waals surface area contributed by atoms with Gasteiger partial charge in [0.05, 0.1) is 0 Å². The number of halogens is 1. The van der Waals surface area contributed by atoms with Crippen molar-refractivity contribution in [1.29, 1.82) is 0 Å². The zero-order valence-corrected chi connectivity index (χ0v) is 9.00. The number of hydrogen-bond donors (Lipinski definition) is 0. The number of furan rings is 1. The molecule has 1 heterocycles. The lowest BCUT2D eigenvalue weighted by atomic mass is 9.98. The topological polar surface area (TPSA) is 13.1 Å². The van der Waals surface area contributed by atoms with Crippen molar-refractivity contribution >= 4 is 0 Å². The van der Waals surface area contributed by atoms with Gasteiger partial charge in [-0.2, -0.15) is 0 Å². The Balaban J connectivity index is 2.12. The lowest BCUT2D eigenvalue weighted by molar-refractivity contribution is 0.486. The van der Waals surface area contributed by atoms with Gasteiger partial charge in [-0.3, -0.25) is 0 Å². The summed E-state index contributed by atoms with van der Waals surface area (Å²) < 4.78 is 19.8. The van der Waals surface area contributed by atoms with Gasteiger partial charge in [0, 0.05) is 17.5 Å². The van der Waals surface area contributed by atoms with E-state index in [4.69, 9.17) is 4.42 Å². The van der Waals surface area contributed by atoms with Crippen molar-refractivity contribution in [2.75, 3.05) is 0 Å². The molecule has 3 rings (SSSR count). The Bertz CT molecular complexity index is 499. The third-order valence-electron chi connectivity index (χ3n) is 3.14. The molecule has 0 unspecified atom stereocenters. The maximum atomic E-state index is 14.1. The Labute approximate surface area is 93.9 Å². The average molecular weight is 216 g/mol. The van der Waals surface area contributed by atoms with Crippen LogP contribution in [0.1, 0.15) is 24.2 Å². The SMILES string of the molecule is Fc1c(-c2ccccc2)oc2c1CCCC2. The van der Waals surface area contributed by atoms with Gasteiger partial charge in [-0.05, 0) is 19.3 Å². The van der Waals surface area contributed by atoms with Crippen molar-refractivity contribution in [3.05, 3.63) is 47.5 Å². The van der Waals surface area contributed by atoms with Crippen LogP contribution in [-0.4, -0.2) is 0 Å². The van der Waals surface area contributed by atoms with Crippen LogP contribution in [-0.2, 0) is 12.8 Å². The maximum absolute atomic E-state index is 14.1. The summed E-state index contributed by atoms with van der Waals surface area (Å²) in [7, 11) is 0. The molecule has 1 aliphatic rings. The van der Waals surface area contributed by atoms with E-state index in [2.05, 4.69) is 0 Å². The largest absolute Gasteiger partial charge is 0.458 e. The van der Waals surface area contributed by atoms with Gasteiger partial charge in [-0.15, -0.1) is 0 Å². The molecule has 1 aromatic heterocycles. The Kier molecular flexibility index (Phi) is 2.28. The summed E-state index contributed by atoms with van der Waals surface area (Å²) >= 11 is 0. The van der Waals surface area contributed by atoms with E-state index in [0.717, 1.165) is 42.6 Å². The second-order valence-electron chi connectivity index (χ2n) is 4.22. The van der Waals surface area contributed by atoms with Crippen LogP contribution >= 0.6 is 0 Å². The normalized spacial score (nSPS) is 14.8. The Hall–Kier alpha value is -1.57. The van der Waals surface area contributed by atoms with Gasteiger partial charge in [-0.25, -0.2) is 4.39 Å². The fraction of sp³-hybridized carbons (Fsp3) is 0.286. The molecule has 0 atom stereocenters. The van der Waals surface area contributed by atoms with Gasteiger partial charge < -0.3 is 4.42 Å². The zero-order chi connectivity index (χ0) is 11.0. The van der Waals surface area contributed by atoms with Gasteiger partial charge in [-0.1, -0.05) is 30.3 Å². The molecular weight excluding hydrogens is 203 g/mol. The molecule has 0 spiro atoms. The highest BCUT2D eigenvalue weighted by Gasteiger charge is 2.23. The third kappa shape index (κ3) is 1.45. The predicted molar refractivity (Wildman–Crippen MR) is 60.7 cm³/mol. The highest BCUT2D eigenvalue weighted by molar-refractivity contribution is 5.60. The molecule has 82 valence electrons. The molecule has 0 radical (unpaired) electrons. The molecule has 0 bridgehead atoms. The first-order valence-corrected chi connectivity index (χ1v) is 5.72. The average Bonchev–Trinajstić information content (AvgIpc) is 2.69. The van der Waals surface area contributed by atoms with Crippen molar-refractivity contribution < 1.29 is 8.81 Å². The van der Waals surface area contributed by atoms with Crippen molar-refractivity contribution in [2.45, 2.75) is 25.7 Å². The first kappa shape index (κ1) is 9.64. The molecule has 0 saturated heterocycles. The Morgan fingerprint density at radius 1 is 1.00 bits per heavy atom. The lowest BCUT2D eigenvalue weighted by Gasteiger charge is -2.07. The molecule has 1 nitrogen and oxygen atoms in total. The zero-order valence-electron chi connectivity index (χ0n) is 9.00. The van der Waals surface area contributed by atoms with Gasteiger partial charge in [0.15, 0.2) is 11.6 Å². The molecule has 1 aliphatic carbocycles. The smallest absolute Gasteiger partial charge is 0.172 e. The number of benzene rings is 1. The summed E-state index contributed by atoms with van der Waals surface area (Å²) in [6.45, 7) is 0. The van der Waals surface area contributed by atoms with E-state index in [1.165, 1.54) is 0 Å². The van der Waals surface area contributed by atoms with E-state index >= 15 is 0 Å². The second-order valence-corrected chi connectivity index (χ2v) is 4.22. The lowest BCUT2D eigenvalue weighted by Crippen LogP contribution is -2.00. The van der Waals surface area contributed by atoms with Crippen LogP contribution in [0.4, 0.5) is 4.39 Å². The molecule has 2 aromatic rings. The van der Waals surface area contributed by atoms with Gasteiger partial charge in [0.25, 0.3) is 0 Å². The van der Waals surface area contributed by atoms with Crippen molar-refractivity contribution in [3.63, 3.8) is 0 Å². The van der Waals surface area contributed by atoms with Crippen LogP contribution < -0.4 is 0 Å². The van der Waals surface area contributed by atoms with E-state index in [9.17, 15) is 4.39 Å². The van der Waals surface area contributed by atoms with Crippen molar-refractivity contribution in [2.24, 2.45) is 0 Å². The van der Waals surface area contributed by atoms with Gasteiger partial charge >= 0.3 is 0 Å². The first-order chi connectivity index (χ1) is 7.86. The minimum atomic E-state index is -0.152. The standard InChI is InChI=1S/C14H13FO/c15-13-11-8-4-5-9-12(11)16-14(13)10-6-2-1-3-7-10/h1-3,6-7H,4-5,8-9H2. The summed E-state index contributed by atoms with van der Waals surface area (Å²) in [5, 5.41) is 0. The van der Waals surface area contributed by atoms with Crippen LogP contribution in [0.3, 0.4) is 0 Å². The third-order valence-corrected chi connectivity index (χ3v) is 3.14. The van der Waals surface area contributed by atoms with E-state index in [-0.39, 0.29) is 5.82 Å². The van der Waals surface area contributed by atoms with Gasteiger partial charge in [0.1, 0.15) is 5.76 Å². The van der Waals surface area contributed by atoms with Crippen molar-refractivity contribution in [1.82, 2.24) is 0 Å². The summed E-state index contributed by atoms with van der Waals surface area (Å²) in [6.07, 6.45) is 3.86. The van der Waals surface area contributed by atoms with Crippen LogP contribution in [0.15, 0.2) is 34.7 Å². The monoisotopic (exact) mass is 216 g/mol. The molecule has 0 fully saturated rings. The molecular formula is C14H13FO. The van der Waals surface area contributed by atoms with Crippen LogP contribution in [0, 0.1) is 5.82 Å². The molecule has 0 amide bonds. The molecule has 2 heteroatoms. The Morgan fingerprint density at radius 2 is 1.75 bits per heavy atom. The Morgan fingerprint density at radius 3 is 2.50 bits per heavy atom. The molecule has 0 saturated carbocycles. The minimum absolute atomic E-state index is 0.152. The second kappa shape index (κ2) is 3.78. The van der Waals surface area contributed by atoms with E-state index < -0.39 is 0 Å². The summed E-state index contributed by atoms with van der Waals surface area (Å²) in [5.41, 5.74) is 1.62. The molecule has 0 aliphatic heterocycles. The summed E-state index contributed by atoms with van der Waals surface area (Å²) in [6, 6.07) is 9.48. The van der Waals surface area contributed by atoms with Crippen LogP contribution in [0.2, 0.25) is 0 Å². The van der Waals surface area contributed by atoms with E-state index in [1.807, 2.05) is 30.3 Å². The summed E-state index contributed by atoms with van der Waals surface area (Å²) in [5.74, 6) is 1.11. The maximum Gasteiger partial charge on any atom is 0.172 e. The number of hydrogen-bond acceptors (Lipinski definition) is 1. The minimum Gasteiger partial charge on any atom is -0.458 e. The van der Waals surface area contributed by atoms with E-state index in [0.29, 0.717) is 5.76 Å². The fourth-order valence-electron chi connectivity index (χ4n) is 2.30. The fourth-order valence-corrected chi connectivity index (χ4v) is 2.30. The predicted octanol–water partition coefficient (Wildman–Crippen LogP) is 3.96. The molecule has 1 aromatic carbocycles. The van der Waals surface area contributed by atoms with Gasteiger partial charge in [0.2, 0.25) is 0 Å². The molecule has 0 N–H and O–H groups in total. The number of fused-ring (bicyclic) bond motifs is 1. The van der Waals surface area contributed by atoms with Crippen LogP contribution in [0.5, 0.6) is 0 Å².